The van der Waals surface area contributed by atoms with Crippen molar-refractivity contribution in [3.8, 4) is 5.75 Å². The molecule has 0 amide bonds. The van der Waals surface area contributed by atoms with Gasteiger partial charge in [0.1, 0.15) is 5.75 Å². The molecular formula is C17H15BrO2. The van der Waals surface area contributed by atoms with Crippen LogP contribution in [0.3, 0.4) is 0 Å². The fraction of sp³-hybridized carbons (Fsp3) is 0.235. The van der Waals surface area contributed by atoms with Gasteiger partial charge in [-0.25, -0.2) is 0 Å². The second-order valence-electron chi connectivity index (χ2n) is 5.08. The predicted octanol–water partition coefficient (Wildman–Crippen LogP) is 4.51. The fourth-order valence-corrected chi connectivity index (χ4v) is 3.31. The molecule has 0 N–H and O–H groups in total. The first-order chi connectivity index (χ1) is 9.66. The number of halogens is 1. The van der Waals surface area contributed by atoms with Gasteiger partial charge in [0.2, 0.25) is 0 Å². The SMILES string of the molecule is Cc1ccc(C(=O)C2CCOc3ccccc32)c(Br)c1. The number of aryl methyl sites for hydroxylation is 1. The minimum Gasteiger partial charge on any atom is -0.493 e. The van der Waals surface area contributed by atoms with E-state index in [4.69, 9.17) is 4.74 Å². The molecular weight excluding hydrogens is 316 g/mol. The van der Waals surface area contributed by atoms with E-state index in [9.17, 15) is 4.79 Å². The highest BCUT2D eigenvalue weighted by Gasteiger charge is 2.29. The van der Waals surface area contributed by atoms with E-state index in [0.717, 1.165) is 33.3 Å². The monoisotopic (exact) mass is 330 g/mol. The highest BCUT2D eigenvalue weighted by Crippen LogP contribution is 2.36. The van der Waals surface area contributed by atoms with E-state index in [1.807, 2.05) is 49.4 Å². The van der Waals surface area contributed by atoms with Gasteiger partial charge in [0.15, 0.2) is 5.78 Å². The van der Waals surface area contributed by atoms with Crippen LogP contribution >= 0.6 is 15.9 Å². The molecule has 3 heteroatoms. The normalized spacial score (nSPS) is 17.2. The van der Waals surface area contributed by atoms with E-state index in [-0.39, 0.29) is 11.7 Å². The maximum atomic E-state index is 12.8. The molecule has 2 nitrogen and oxygen atoms in total. The Labute approximate surface area is 126 Å². The summed E-state index contributed by atoms with van der Waals surface area (Å²) in [4.78, 5) is 12.8. The molecule has 0 aromatic heterocycles. The summed E-state index contributed by atoms with van der Waals surface area (Å²) < 4.78 is 6.49. The standard InChI is InChI=1S/C17H15BrO2/c1-11-6-7-14(15(18)10-11)17(19)13-8-9-20-16-5-3-2-4-12(13)16/h2-7,10,13H,8-9H2,1H3. The van der Waals surface area contributed by atoms with Gasteiger partial charge in [-0.05, 0) is 37.1 Å². The molecule has 1 aliphatic rings. The van der Waals surface area contributed by atoms with Gasteiger partial charge in [-0.3, -0.25) is 4.79 Å². The van der Waals surface area contributed by atoms with Crippen LogP contribution in [-0.4, -0.2) is 12.4 Å². The summed E-state index contributed by atoms with van der Waals surface area (Å²) in [5, 5.41) is 0. The fourth-order valence-electron chi connectivity index (χ4n) is 2.62. The smallest absolute Gasteiger partial charge is 0.171 e. The number of benzene rings is 2. The van der Waals surface area contributed by atoms with Crippen molar-refractivity contribution < 1.29 is 9.53 Å². The highest BCUT2D eigenvalue weighted by molar-refractivity contribution is 9.10. The van der Waals surface area contributed by atoms with Crippen LogP contribution in [0.1, 0.15) is 33.8 Å². The molecule has 0 fully saturated rings. The topological polar surface area (TPSA) is 26.3 Å². The van der Waals surface area contributed by atoms with Crippen molar-refractivity contribution in [1.82, 2.24) is 0 Å². The molecule has 3 rings (SSSR count). The van der Waals surface area contributed by atoms with Gasteiger partial charge < -0.3 is 4.74 Å². The van der Waals surface area contributed by atoms with E-state index < -0.39 is 0 Å². The van der Waals surface area contributed by atoms with E-state index in [1.165, 1.54) is 0 Å². The van der Waals surface area contributed by atoms with Crippen LogP contribution in [0, 0.1) is 6.92 Å². The zero-order valence-corrected chi connectivity index (χ0v) is 12.8. The number of ketones is 1. The minimum atomic E-state index is -0.112. The van der Waals surface area contributed by atoms with Gasteiger partial charge in [0.25, 0.3) is 0 Å². The van der Waals surface area contributed by atoms with Crippen molar-refractivity contribution in [2.75, 3.05) is 6.61 Å². The zero-order valence-electron chi connectivity index (χ0n) is 11.2. The molecule has 0 saturated heterocycles. The lowest BCUT2D eigenvalue weighted by molar-refractivity contribution is 0.0932. The van der Waals surface area contributed by atoms with Crippen LogP contribution in [0.15, 0.2) is 46.9 Å². The van der Waals surface area contributed by atoms with E-state index >= 15 is 0 Å². The van der Waals surface area contributed by atoms with Gasteiger partial charge in [-0.15, -0.1) is 0 Å². The molecule has 0 bridgehead atoms. The quantitative estimate of drug-likeness (QED) is 0.757. The minimum absolute atomic E-state index is 0.112. The third kappa shape index (κ3) is 2.38. The molecule has 1 atom stereocenters. The van der Waals surface area contributed by atoms with E-state index in [2.05, 4.69) is 15.9 Å². The van der Waals surface area contributed by atoms with Crippen LogP contribution in [-0.2, 0) is 0 Å². The zero-order chi connectivity index (χ0) is 14.1. The maximum absolute atomic E-state index is 12.8. The number of hydrogen-bond donors (Lipinski definition) is 0. The summed E-state index contributed by atoms with van der Waals surface area (Å²) >= 11 is 3.50. The number of carbonyl (C=O) groups excluding carboxylic acids is 1. The van der Waals surface area contributed by atoms with Crippen LogP contribution < -0.4 is 4.74 Å². The first-order valence-electron chi connectivity index (χ1n) is 6.69. The number of para-hydroxylation sites is 1. The van der Waals surface area contributed by atoms with E-state index in [1.54, 1.807) is 0 Å². The molecule has 102 valence electrons. The van der Waals surface area contributed by atoms with Gasteiger partial charge in [0, 0.05) is 15.6 Å². The summed E-state index contributed by atoms with van der Waals surface area (Å²) in [5.74, 6) is 0.881. The van der Waals surface area contributed by atoms with Crippen molar-refractivity contribution >= 4 is 21.7 Å². The Morgan fingerprint density at radius 3 is 2.85 bits per heavy atom. The van der Waals surface area contributed by atoms with Crippen LogP contribution in [0.2, 0.25) is 0 Å². The van der Waals surface area contributed by atoms with Crippen molar-refractivity contribution in [3.05, 3.63) is 63.6 Å². The Balaban J connectivity index is 2.00. The molecule has 0 radical (unpaired) electrons. The van der Waals surface area contributed by atoms with Crippen molar-refractivity contribution in [3.63, 3.8) is 0 Å². The lowest BCUT2D eigenvalue weighted by atomic mass is 9.86. The lowest BCUT2D eigenvalue weighted by Crippen LogP contribution is -2.21. The number of carbonyl (C=O) groups is 1. The Morgan fingerprint density at radius 2 is 2.05 bits per heavy atom. The molecule has 0 aliphatic carbocycles. The van der Waals surface area contributed by atoms with Gasteiger partial charge >= 0.3 is 0 Å². The Hall–Kier alpha value is -1.61. The van der Waals surface area contributed by atoms with Gasteiger partial charge in [-0.1, -0.05) is 40.2 Å². The molecule has 20 heavy (non-hydrogen) atoms. The predicted molar refractivity (Wildman–Crippen MR) is 82.5 cm³/mol. The first kappa shape index (κ1) is 13.4. The third-order valence-corrected chi connectivity index (χ3v) is 4.32. The van der Waals surface area contributed by atoms with Crippen LogP contribution in [0.25, 0.3) is 0 Å². The summed E-state index contributed by atoms with van der Waals surface area (Å²) in [6.07, 6.45) is 0.732. The van der Waals surface area contributed by atoms with Crippen molar-refractivity contribution in [2.45, 2.75) is 19.3 Å². The van der Waals surface area contributed by atoms with Crippen LogP contribution in [0.4, 0.5) is 0 Å². The van der Waals surface area contributed by atoms with Crippen molar-refractivity contribution in [2.24, 2.45) is 0 Å². The summed E-state index contributed by atoms with van der Waals surface area (Å²) in [6, 6.07) is 13.7. The summed E-state index contributed by atoms with van der Waals surface area (Å²) in [6.45, 7) is 2.61. The largest absolute Gasteiger partial charge is 0.493 e. The molecule has 2 aromatic carbocycles. The molecule has 1 aliphatic heterocycles. The molecule has 1 unspecified atom stereocenters. The summed E-state index contributed by atoms with van der Waals surface area (Å²) in [7, 11) is 0. The Bertz CT molecular complexity index is 664. The lowest BCUT2D eigenvalue weighted by Gasteiger charge is -2.25. The second kappa shape index (κ2) is 5.41. The highest BCUT2D eigenvalue weighted by atomic mass is 79.9. The molecule has 0 spiro atoms. The average molecular weight is 331 g/mol. The first-order valence-corrected chi connectivity index (χ1v) is 7.48. The average Bonchev–Trinajstić information content (AvgIpc) is 2.46. The third-order valence-electron chi connectivity index (χ3n) is 3.67. The number of rotatable bonds is 2. The number of ether oxygens (including phenoxy) is 1. The summed E-state index contributed by atoms with van der Waals surface area (Å²) in [5.41, 5.74) is 2.88. The molecule has 0 saturated carbocycles. The number of hydrogen-bond acceptors (Lipinski definition) is 2. The van der Waals surface area contributed by atoms with E-state index in [0.29, 0.717) is 6.61 Å². The van der Waals surface area contributed by atoms with Crippen molar-refractivity contribution in [1.29, 1.82) is 0 Å². The number of Topliss-reactive ketones (excluding diaryl/α,β-unsaturated/α-hetero) is 1. The van der Waals surface area contributed by atoms with Gasteiger partial charge in [0.05, 0.1) is 12.5 Å². The maximum Gasteiger partial charge on any atom is 0.171 e. The molecule has 2 aromatic rings. The van der Waals surface area contributed by atoms with Gasteiger partial charge in [-0.2, -0.15) is 0 Å². The molecule has 1 heterocycles. The second-order valence-corrected chi connectivity index (χ2v) is 5.93. The Kier molecular flexibility index (Phi) is 3.62. The Morgan fingerprint density at radius 1 is 1.25 bits per heavy atom. The van der Waals surface area contributed by atoms with Crippen LogP contribution in [0.5, 0.6) is 5.75 Å². The number of fused-ring (bicyclic) bond motifs is 1.